The lowest BCUT2D eigenvalue weighted by Gasteiger charge is -2.18. The van der Waals surface area contributed by atoms with Crippen molar-refractivity contribution >= 4 is 19.8 Å². The van der Waals surface area contributed by atoms with Gasteiger partial charge in [0.1, 0.15) is 12.7 Å². The molecule has 0 spiro atoms. The highest BCUT2D eigenvalue weighted by atomic mass is 31.2. The van der Waals surface area contributed by atoms with Gasteiger partial charge in [0.25, 0.3) is 0 Å². The van der Waals surface area contributed by atoms with Crippen LogP contribution in [0, 0.1) is 0 Å². The van der Waals surface area contributed by atoms with Crippen LogP contribution in [0.2, 0.25) is 0 Å². The number of aliphatic hydroxyl groups excluding tert-OH is 1. The lowest BCUT2D eigenvalue weighted by atomic mass is 10.1. The highest BCUT2D eigenvalue weighted by molar-refractivity contribution is 7.47. The molecule has 0 aromatic heterocycles. The van der Waals surface area contributed by atoms with E-state index in [1.165, 1.54) is 26.2 Å². The highest BCUT2D eigenvalue weighted by Crippen LogP contribution is 2.43. The Kier molecular flexibility index (Phi) is 15.8. The van der Waals surface area contributed by atoms with Crippen molar-refractivity contribution < 1.29 is 42.7 Å². The fraction of sp³-hybridized carbons (Fsp3) is 0.789. The lowest BCUT2D eigenvalue weighted by molar-refractivity contribution is -0.153. The van der Waals surface area contributed by atoms with Crippen molar-refractivity contribution in [3.05, 3.63) is 12.2 Å². The molecule has 10 heteroatoms. The Bertz CT molecular complexity index is 536. The van der Waals surface area contributed by atoms with Gasteiger partial charge in [-0.2, -0.15) is 0 Å². The van der Waals surface area contributed by atoms with E-state index in [-0.39, 0.29) is 25.2 Å². The van der Waals surface area contributed by atoms with Crippen molar-refractivity contribution in [2.75, 3.05) is 26.4 Å². The smallest absolute Gasteiger partial charge is 0.460 e. The molecule has 29 heavy (non-hydrogen) atoms. The third-order valence-corrected chi connectivity index (χ3v) is 4.81. The minimum atomic E-state index is -4.44. The molecule has 0 heterocycles. The van der Waals surface area contributed by atoms with E-state index < -0.39 is 39.1 Å². The molecule has 0 rings (SSSR count). The molecular formula is C19H35O9P. The standard InChI is InChI=1S/C19H35O9P/c1-4-5-6-7-8-9-10-11-18(21)28-17(14-20)15-27-29(23,24)26-13-12-25-19(22)16(2)3/h17,20H,2,4-15H2,1,3H3,(H,23,24). The Morgan fingerprint density at radius 2 is 1.66 bits per heavy atom. The van der Waals surface area contributed by atoms with Crippen molar-refractivity contribution in [1.29, 1.82) is 0 Å². The van der Waals surface area contributed by atoms with Crippen LogP contribution in [0.1, 0.15) is 65.2 Å². The molecule has 170 valence electrons. The minimum Gasteiger partial charge on any atom is -0.460 e. The molecule has 0 saturated heterocycles. The maximum absolute atomic E-state index is 11.8. The van der Waals surface area contributed by atoms with E-state index in [2.05, 4.69) is 18.0 Å². The molecule has 9 nitrogen and oxygen atoms in total. The van der Waals surface area contributed by atoms with Crippen molar-refractivity contribution in [3.63, 3.8) is 0 Å². The SMILES string of the molecule is C=C(C)C(=O)OCCOP(=O)(O)OCC(CO)OC(=O)CCCCCCCCC. The van der Waals surface area contributed by atoms with E-state index >= 15 is 0 Å². The molecule has 0 amide bonds. The Balaban J connectivity index is 3.99. The van der Waals surface area contributed by atoms with Crippen LogP contribution >= 0.6 is 7.82 Å². The molecular weight excluding hydrogens is 403 g/mol. The van der Waals surface area contributed by atoms with Crippen molar-refractivity contribution in [3.8, 4) is 0 Å². The van der Waals surface area contributed by atoms with Gasteiger partial charge in [0, 0.05) is 12.0 Å². The Hall–Kier alpha value is -1.25. The third-order valence-electron chi connectivity index (χ3n) is 3.83. The number of phosphoric acid groups is 1. The Morgan fingerprint density at radius 1 is 1.03 bits per heavy atom. The minimum absolute atomic E-state index is 0.192. The van der Waals surface area contributed by atoms with Crippen LogP contribution in [0.25, 0.3) is 0 Å². The first-order valence-electron chi connectivity index (χ1n) is 9.96. The summed E-state index contributed by atoms with van der Waals surface area (Å²) in [5.74, 6) is -1.14. The number of aliphatic hydroxyl groups is 1. The van der Waals surface area contributed by atoms with Gasteiger partial charge < -0.3 is 19.5 Å². The molecule has 2 unspecified atom stereocenters. The number of phosphoric ester groups is 1. The predicted molar refractivity (Wildman–Crippen MR) is 107 cm³/mol. The normalized spacial score (nSPS) is 14.1. The summed E-state index contributed by atoms with van der Waals surface area (Å²) in [6.45, 7) is 5.33. The number of esters is 2. The lowest BCUT2D eigenvalue weighted by Crippen LogP contribution is -2.27. The number of carbonyl (C=O) groups is 2. The number of hydrogen-bond donors (Lipinski definition) is 2. The van der Waals surface area contributed by atoms with Crippen LogP contribution in [0.15, 0.2) is 12.2 Å². The zero-order chi connectivity index (χ0) is 22.1. The summed E-state index contributed by atoms with van der Waals surface area (Å²) in [6, 6.07) is 0. The largest absolute Gasteiger partial charge is 0.472 e. The number of unbranched alkanes of at least 4 members (excludes halogenated alkanes) is 6. The zero-order valence-corrected chi connectivity index (χ0v) is 18.4. The summed E-state index contributed by atoms with van der Waals surface area (Å²) in [5, 5.41) is 9.26. The predicted octanol–water partition coefficient (Wildman–Crippen LogP) is 3.28. The van der Waals surface area contributed by atoms with Gasteiger partial charge in [-0.05, 0) is 13.3 Å². The van der Waals surface area contributed by atoms with Gasteiger partial charge in [0.2, 0.25) is 0 Å². The Morgan fingerprint density at radius 3 is 2.24 bits per heavy atom. The fourth-order valence-electron chi connectivity index (χ4n) is 2.22. The van der Waals surface area contributed by atoms with E-state index in [4.69, 9.17) is 14.0 Å². The summed E-state index contributed by atoms with van der Waals surface area (Å²) in [7, 11) is -4.44. The quantitative estimate of drug-likeness (QED) is 0.143. The van der Waals surface area contributed by atoms with Crippen LogP contribution < -0.4 is 0 Å². The summed E-state index contributed by atoms with van der Waals surface area (Å²) in [6.07, 6.45) is 6.57. The van der Waals surface area contributed by atoms with Gasteiger partial charge >= 0.3 is 19.8 Å². The van der Waals surface area contributed by atoms with Gasteiger partial charge in [-0.15, -0.1) is 0 Å². The second-order valence-electron chi connectivity index (χ2n) is 6.68. The van der Waals surface area contributed by atoms with Gasteiger partial charge in [-0.3, -0.25) is 13.8 Å². The van der Waals surface area contributed by atoms with Crippen LogP contribution in [0.4, 0.5) is 0 Å². The van der Waals surface area contributed by atoms with Crippen LogP contribution in [-0.2, 0) is 32.7 Å². The van der Waals surface area contributed by atoms with Crippen molar-refractivity contribution in [2.24, 2.45) is 0 Å². The molecule has 0 aliphatic carbocycles. The summed E-state index contributed by atoms with van der Waals surface area (Å²) < 4.78 is 30.9. The van der Waals surface area contributed by atoms with E-state index in [0.29, 0.717) is 6.42 Å². The van der Waals surface area contributed by atoms with Crippen molar-refractivity contribution in [2.45, 2.75) is 71.3 Å². The second-order valence-corrected chi connectivity index (χ2v) is 8.13. The topological polar surface area (TPSA) is 129 Å². The molecule has 0 aliphatic heterocycles. The highest BCUT2D eigenvalue weighted by Gasteiger charge is 2.25. The molecule has 0 radical (unpaired) electrons. The summed E-state index contributed by atoms with van der Waals surface area (Å²) >= 11 is 0. The van der Waals surface area contributed by atoms with Gasteiger partial charge in [0.05, 0.1) is 19.8 Å². The molecule has 0 bridgehead atoms. The summed E-state index contributed by atoms with van der Waals surface area (Å²) in [4.78, 5) is 32.5. The molecule has 0 aromatic carbocycles. The average Bonchev–Trinajstić information content (AvgIpc) is 2.67. The molecule has 0 aromatic rings. The maximum atomic E-state index is 11.8. The fourth-order valence-corrected chi connectivity index (χ4v) is 2.95. The Labute approximate surface area is 173 Å². The first-order valence-corrected chi connectivity index (χ1v) is 11.5. The second kappa shape index (κ2) is 16.5. The first-order chi connectivity index (χ1) is 13.7. The number of carbonyl (C=O) groups excluding carboxylic acids is 2. The summed E-state index contributed by atoms with van der Waals surface area (Å²) in [5.41, 5.74) is 0.192. The van der Waals surface area contributed by atoms with Gasteiger partial charge in [-0.1, -0.05) is 52.0 Å². The van der Waals surface area contributed by atoms with Crippen molar-refractivity contribution in [1.82, 2.24) is 0 Å². The number of hydrogen-bond acceptors (Lipinski definition) is 8. The monoisotopic (exact) mass is 438 g/mol. The molecule has 0 aliphatic rings. The van der Waals surface area contributed by atoms with E-state index in [9.17, 15) is 24.2 Å². The molecule has 0 fully saturated rings. The van der Waals surface area contributed by atoms with E-state index in [1.54, 1.807) is 0 Å². The number of ether oxygens (including phenoxy) is 2. The number of rotatable bonds is 18. The average molecular weight is 438 g/mol. The van der Waals surface area contributed by atoms with Gasteiger partial charge in [-0.25, -0.2) is 9.36 Å². The van der Waals surface area contributed by atoms with Crippen LogP contribution in [0.5, 0.6) is 0 Å². The molecule has 2 atom stereocenters. The van der Waals surface area contributed by atoms with E-state index in [0.717, 1.165) is 19.3 Å². The van der Waals surface area contributed by atoms with Crippen LogP contribution in [-0.4, -0.2) is 54.5 Å². The first kappa shape index (κ1) is 27.8. The van der Waals surface area contributed by atoms with Crippen LogP contribution in [0.3, 0.4) is 0 Å². The van der Waals surface area contributed by atoms with E-state index in [1.807, 2.05) is 0 Å². The molecule has 0 saturated carbocycles. The third kappa shape index (κ3) is 16.3. The maximum Gasteiger partial charge on any atom is 0.472 e. The van der Waals surface area contributed by atoms with Gasteiger partial charge in [0.15, 0.2) is 0 Å². The zero-order valence-electron chi connectivity index (χ0n) is 17.5. The molecule has 2 N–H and O–H groups in total.